The second-order valence-electron chi connectivity index (χ2n) is 8.68. The molecule has 0 amide bonds. The largest absolute Gasteiger partial charge is 0.419 e. The Balaban J connectivity index is 1.54. The van der Waals surface area contributed by atoms with Crippen molar-refractivity contribution in [2.24, 2.45) is 0 Å². The Bertz CT molecular complexity index is 1220. The van der Waals surface area contributed by atoms with Gasteiger partial charge in [0.15, 0.2) is 5.82 Å². The summed E-state index contributed by atoms with van der Waals surface area (Å²) >= 11 is 0. The lowest BCUT2D eigenvalue weighted by Crippen LogP contribution is -2.64. The quantitative estimate of drug-likeness (QED) is 0.555. The molecule has 3 aromatic rings. The van der Waals surface area contributed by atoms with Gasteiger partial charge in [-0.15, -0.1) is 5.10 Å². The van der Waals surface area contributed by atoms with Crippen molar-refractivity contribution in [3.63, 3.8) is 0 Å². The maximum absolute atomic E-state index is 14.7. The van der Waals surface area contributed by atoms with Crippen molar-refractivity contribution < 1.29 is 22.3 Å². The van der Waals surface area contributed by atoms with Gasteiger partial charge in [-0.05, 0) is 39.3 Å². The first-order valence-electron chi connectivity index (χ1n) is 10.8. The van der Waals surface area contributed by atoms with Crippen LogP contribution in [0.25, 0.3) is 10.9 Å². The van der Waals surface area contributed by atoms with Gasteiger partial charge in [0.1, 0.15) is 5.82 Å². The molecule has 6 nitrogen and oxygen atoms in total. The first-order valence-corrected chi connectivity index (χ1v) is 10.8. The van der Waals surface area contributed by atoms with Crippen LogP contribution in [0.4, 0.5) is 29.1 Å². The number of aromatic nitrogens is 3. The molecular formula is C23H23F4N5O. The zero-order chi connectivity index (χ0) is 23.5. The summed E-state index contributed by atoms with van der Waals surface area (Å²) < 4.78 is 59.8. The van der Waals surface area contributed by atoms with Gasteiger partial charge in [-0.2, -0.15) is 18.3 Å². The van der Waals surface area contributed by atoms with Crippen molar-refractivity contribution in [1.82, 2.24) is 15.2 Å². The summed E-state index contributed by atoms with van der Waals surface area (Å²) in [7, 11) is 0. The van der Waals surface area contributed by atoms with E-state index in [0.717, 1.165) is 23.9 Å². The molecule has 0 aliphatic carbocycles. The Morgan fingerprint density at radius 1 is 1.12 bits per heavy atom. The monoisotopic (exact) mass is 461 g/mol. The SMILES string of the molecule is Cc1nc2c(C)nnc(N[C@H](C)c3cccc(C(F)(F)F)c3F)c2cc1N1C2COCC1C2. The van der Waals surface area contributed by atoms with Crippen LogP contribution in [0.2, 0.25) is 0 Å². The van der Waals surface area contributed by atoms with Gasteiger partial charge in [0.25, 0.3) is 0 Å². The number of rotatable bonds is 4. The molecule has 2 aliphatic heterocycles. The molecule has 33 heavy (non-hydrogen) atoms. The van der Waals surface area contributed by atoms with Crippen molar-refractivity contribution in [3.05, 3.63) is 52.6 Å². The van der Waals surface area contributed by atoms with Gasteiger partial charge in [-0.3, -0.25) is 0 Å². The number of anilines is 2. The van der Waals surface area contributed by atoms with E-state index in [0.29, 0.717) is 47.7 Å². The van der Waals surface area contributed by atoms with Gasteiger partial charge in [-0.25, -0.2) is 9.37 Å². The van der Waals surface area contributed by atoms with Crippen LogP contribution in [0, 0.1) is 19.7 Å². The van der Waals surface area contributed by atoms with E-state index in [1.807, 2.05) is 13.0 Å². The minimum Gasteiger partial charge on any atom is -0.377 e. The molecule has 2 unspecified atom stereocenters. The molecular weight excluding hydrogens is 438 g/mol. The smallest absolute Gasteiger partial charge is 0.377 e. The molecule has 2 fully saturated rings. The van der Waals surface area contributed by atoms with E-state index in [9.17, 15) is 17.6 Å². The molecule has 10 heteroatoms. The van der Waals surface area contributed by atoms with Crippen molar-refractivity contribution in [2.75, 3.05) is 23.4 Å². The highest BCUT2D eigenvalue weighted by Gasteiger charge is 2.43. The molecule has 0 spiro atoms. The summed E-state index contributed by atoms with van der Waals surface area (Å²) in [6, 6.07) is 5.07. The topological polar surface area (TPSA) is 63.2 Å². The number of benzene rings is 1. The third-order valence-electron chi connectivity index (χ3n) is 6.47. The van der Waals surface area contributed by atoms with Gasteiger partial charge in [0.2, 0.25) is 0 Å². The Morgan fingerprint density at radius 2 is 1.85 bits per heavy atom. The van der Waals surface area contributed by atoms with E-state index in [1.54, 1.807) is 13.8 Å². The standard InChI is InChI=1S/C23H23F4N5O/c1-11(16-5-4-6-18(20(16)24)23(25,26)27)29-22-17-8-19(32-14-7-15(32)10-33-9-14)12(2)28-21(17)13(3)30-31-22/h4-6,8,11,14-15H,7,9-10H2,1-3H3,(H,29,31)/t11-,14?,15?/m1/s1. The van der Waals surface area contributed by atoms with Gasteiger partial charge in [0, 0.05) is 10.9 Å². The third kappa shape index (κ3) is 3.66. The fraction of sp³-hybridized carbons (Fsp3) is 0.435. The van der Waals surface area contributed by atoms with E-state index in [-0.39, 0.29) is 5.56 Å². The van der Waals surface area contributed by atoms with E-state index < -0.39 is 23.6 Å². The van der Waals surface area contributed by atoms with Crippen molar-refractivity contribution in [2.45, 2.75) is 51.5 Å². The minimum atomic E-state index is -4.77. The number of halogens is 4. The molecule has 2 aliphatic rings. The molecule has 4 heterocycles. The summed E-state index contributed by atoms with van der Waals surface area (Å²) in [4.78, 5) is 7.07. The number of alkyl halides is 3. The molecule has 0 saturated carbocycles. The van der Waals surface area contributed by atoms with E-state index in [2.05, 4.69) is 20.4 Å². The summed E-state index contributed by atoms with van der Waals surface area (Å²) in [6.07, 6.45) is -3.70. The van der Waals surface area contributed by atoms with Crippen LogP contribution >= 0.6 is 0 Å². The molecule has 2 bridgehead atoms. The number of ether oxygens (including phenoxy) is 1. The zero-order valence-corrected chi connectivity index (χ0v) is 18.4. The first kappa shape index (κ1) is 21.8. The Morgan fingerprint density at radius 3 is 2.52 bits per heavy atom. The minimum absolute atomic E-state index is 0.102. The highest BCUT2D eigenvalue weighted by molar-refractivity contribution is 5.93. The molecule has 174 valence electrons. The predicted octanol–water partition coefficient (Wildman–Crippen LogP) is 4.95. The molecule has 5 rings (SSSR count). The van der Waals surface area contributed by atoms with Crippen LogP contribution in [-0.2, 0) is 10.9 Å². The van der Waals surface area contributed by atoms with Crippen LogP contribution in [0.3, 0.4) is 0 Å². The maximum atomic E-state index is 14.7. The lowest BCUT2D eigenvalue weighted by molar-refractivity contribution is -0.140. The average Bonchev–Trinajstić information content (AvgIpc) is 2.76. The number of morpholine rings is 1. The normalized spacial score (nSPS) is 21.1. The van der Waals surface area contributed by atoms with Crippen molar-refractivity contribution in [3.8, 4) is 0 Å². The fourth-order valence-corrected chi connectivity index (χ4v) is 4.76. The maximum Gasteiger partial charge on any atom is 0.419 e. The molecule has 1 aromatic carbocycles. The number of fused-ring (bicyclic) bond motifs is 3. The number of pyridine rings is 1. The summed E-state index contributed by atoms with van der Waals surface area (Å²) in [5, 5.41) is 12.1. The number of aryl methyl sites for hydroxylation is 2. The highest BCUT2D eigenvalue weighted by Crippen LogP contribution is 2.40. The lowest BCUT2D eigenvalue weighted by Gasteiger charge is -2.54. The number of hydrogen-bond acceptors (Lipinski definition) is 6. The van der Waals surface area contributed by atoms with Crippen molar-refractivity contribution >= 4 is 22.4 Å². The average molecular weight is 461 g/mol. The highest BCUT2D eigenvalue weighted by atomic mass is 19.4. The molecule has 3 atom stereocenters. The Kier molecular flexibility index (Phi) is 5.15. The fourth-order valence-electron chi connectivity index (χ4n) is 4.76. The van der Waals surface area contributed by atoms with Gasteiger partial charge < -0.3 is 15.0 Å². The predicted molar refractivity (Wildman–Crippen MR) is 116 cm³/mol. The Hall–Kier alpha value is -3.01. The van der Waals surface area contributed by atoms with Gasteiger partial charge in [0.05, 0.1) is 59.5 Å². The summed E-state index contributed by atoms with van der Waals surface area (Å²) in [5.41, 5.74) is 1.72. The summed E-state index contributed by atoms with van der Waals surface area (Å²) in [6.45, 7) is 6.66. The van der Waals surface area contributed by atoms with Crippen LogP contribution in [0.1, 0.15) is 41.9 Å². The van der Waals surface area contributed by atoms with E-state index >= 15 is 0 Å². The van der Waals surface area contributed by atoms with Crippen LogP contribution in [-0.4, -0.2) is 40.5 Å². The van der Waals surface area contributed by atoms with Gasteiger partial charge >= 0.3 is 6.18 Å². The molecule has 2 aromatic heterocycles. The van der Waals surface area contributed by atoms with Crippen molar-refractivity contribution in [1.29, 1.82) is 0 Å². The molecule has 2 saturated heterocycles. The third-order valence-corrected chi connectivity index (χ3v) is 6.47. The van der Waals surface area contributed by atoms with E-state index in [1.165, 1.54) is 12.1 Å². The first-order chi connectivity index (χ1) is 15.6. The molecule has 1 N–H and O–H groups in total. The number of hydrogen-bond donors (Lipinski definition) is 1. The lowest BCUT2D eigenvalue weighted by atomic mass is 9.90. The summed E-state index contributed by atoms with van der Waals surface area (Å²) in [5.74, 6) is -0.951. The zero-order valence-electron chi connectivity index (χ0n) is 18.4. The van der Waals surface area contributed by atoms with Gasteiger partial charge in [-0.1, -0.05) is 12.1 Å². The number of nitrogens with zero attached hydrogens (tertiary/aromatic N) is 4. The second-order valence-corrected chi connectivity index (χ2v) is 8.68. The van der Waals surface area contributed by atoms with Crippen LogP contribution in [0.15, 0.2) is 24.3 Å². The second kappa shape index (κ2) is 7.79. The molecule has 0 radical (unpaired) electrons. The van der Waals surface area contributed by atoms with Crippen LogP contribution < -0.4 is 10.2 Å². The Labute approximate surface area is 188 Å². The van der Waals surface area contributed by atoms with Crippen LogP contribution in [0.5, 0.6) is 0 Å². The van der Waals surface area contributed by atoms with E-state index in [4.69, 9.17) is 9.72 Å². The number of nitrogens with one attached hydrogen (secondary N) is 1.